The summed E-state index contributed by atoms with van der Waals surface area (Å²) in [6.45, 7) is 0. The lowest BCUT2D eigenvalue weighted by atomic mass is 9.96. The van der Waals surface area contributed by atoms with Gasteiger partial charge in [0.1, 0.15) is 0 Å². The summed E-state index contributed by atoms with van der Waals surface area (Å²) in [6, 6.07) is 10.9. The molecule has 2 N–H and O–H groups in total. The van der Waals surface area contributed by atoms with Crippen molar-refractivity contribution in [2.24, 2.45) is 0 Å². The molecule has 0 fully saturated rings. The number of aromatic carboxylic acids is 1. The highest BCUT2D eigenvalue weighted by Crippen LogP contribution is 2.24. The lowest BCUT2D eigenvalue weighted by Gasteiger charge is -2.08. The van der Waals surface area contributed by atoms with Gasteiger partial charge in [-0.3, -0.25) is 4.79 Å². The van der Waals surface area contributed by atoms with Gasteiger partial charge < -0.3 is 10.2 Å². The first-order valence-corrected chi connectivity index (χ1v) is 6.55. The predicted octanol–water partition coefficient (Wildman–Crippen LogP) is 3.34. The van der Waals surface area contributed by atoms with Gasteiger partial charge in [0.15, 0.2) is 0 Å². The molecule has 2 aromatic rings. The van der Waals surface area contributed by atoms with Crippen molar-refractivity contribution >= 4 is 22.7 Å². The molecule has 0 atom stereocenters. The van der Waals surface area contributed by atoms with Crippen molar-refractivity contribution in [3.63, 3.8) is 0 Å². The van der Waals surface area contributed by atoms with Crippen LogP contribution < -0.4 is 0 Å². The third-order valence-electron chi connectivity index (χ3n) is 3.33. The van der Waals surface area contributed by atoms with E-state index in [2.05, 4.69) is 0 Å². The Balaban J connectivity index is 2.24. The average Bonchev–Trinajstić information content (AvgIpc) is 2.43. The molecule has 2 rings (SSSR count). The third-order valence-corrected chi connectivity index (χ3v) is 3.33. The smallest absolute Gasteiger partial charge is 0.336 e. The van der Waals surface area contributed by atoms with Gasteiger partial charge >= 0.3 is 11.9 Å². The number of hydrogen-bond donors (Lipinski definition) is 2. The molecule has 0 radical (unpaired) electrons. The van der Waals surface area contributed by atoms with Crippen molar-refractivity contribution in [2.75, 3.05) is 0 Å². The van der Waals surface area contributed by atoms with E-state index >= 15 is 0 Å². The van der Waals surface area contributed by atoms with E-state index in [1.165, 1.54) is 0 Å². The van der Waals surface area contributed by atoms with Crippen molar-refractivity contribution in [2.45, 2.75) is 25.7 Å². The van der Waals surface area contributed by atoms with Crippen LogP contribution in [-0.4, -0.2) is 22.2 Å². The zero-order valence-corrected chi connectivity index (χ0v) is 11.0. The molecular formula is C16H16O4. The Labute approximate surface area is 116 Å². The summed E-state index contributed by atoms with van der Waals surface area (Å²) in [5.41, 5.74) is 1.37. The van der Waals surface area contributed by atoms with Crippen molar-refractivity contribution in [1.82, 2.24) is 0 Å². The van der Waals surface area contributed by atoms with Crippen LogP contribution in [0.15, 0.2) is 36.4 Å². The summed E-state index contributed by atoms with van der Waals surface area (Å²) in [7, 11) is 0. The van der Waals surface area contributed by atoms with Crippen molar-refractivity contribution in [3.05, 3.63) is 47.5 Å². The summed E-state index contributed by atoms with van der Waals surface area (Å²) in [4.78, 5) is 21.7. The van der Waals surface area contributed by atoms with Gasteiger partial charge in [0.2, 0.25) is 0 Å². The van der Waals surface area contributed by atoms with Crippen LogP contribution in [-0.2, 0) is 11.2 Å². The largest absolute Gasteiger partial charge is 0.481 e. The second-order valence-corrected chi connectivity index (χ2v) is 4.72. The monoisotopic (exact) mass is 272 g/mol. The number of fused-ring (bicyclic) bond motifs is 1. The number of carbonyl (C=O) groups is 2. The molecule has 0 aliphatic heterocycles. The number of benzene rings is 2. The molecule has 0 bridgehead atoms. The standard InChI is InChI=1S/C16H16O4/c17-15(18)8-4-1-5-11-9-10-14(16(19)20)13-7-3-2-6-12(11)13/h2-3,6-7,9-10H,1,4-5,8H2,(H,17,18)(H,19,20). The fourth-order valence-corrected chi connectivity index (χ4v) is 2.36. The van der Waals surface area contributed by atoms with E-state index in [-0.39, 0.29) is 6.42 Å². The summed E-state index contributed by atoms with van der Waals surface area (Å²) in [5, 5.41) is 19.5. The maximum Gasteiger partial charge on any atom is 0.336 e. The van der Waals surface area contributed by atoms with Crippen LogP contribution in [0.2, 0.25) is 0 Å². The molecule has 0 saturated heterocycles. The van der Waals surface area contributed by atoms with E-state index in [9.17, 15) is 14.7 Å². The van der Waals surface area contributed by atoms with Gasteiger partial charge in [0.25, 0.3) is 0 Å². The van der Waals surface area contributed by atoms with E-state index in [0.29, 0.717) is 12.0 Å². The maximum atomic E-state index is 11.2. The van der Waals surface area contributed by atoms with Crippen molar-refractivity contribution in [3.8, 4) is 0 Å². The average molecular weight is 272 g/mol. The fraction of sp³-hybridized carbons (Fsp3) is 0.250. The van der Waals surface area contributed by atoms with Gasteiger partial charge in [-0.15, -0.1) is 0 Å². The molecule has 0 heterocycles. The summed E-state index contributed by atoms with van der Waals surface area (Å²) in [5.74, 6) is -1.71. The topological polar surface area (TPSA) is 74.6 Å². The highest BCUT2D eigenvalue weighted by molar-refractivity contribution is 6.04. The van der Waals surface area contributed by atoms with Crippen LogP contribution in [0, 0.1) is 0 Å². The van der Waals surface area contributed by atoms with Gasteiger partial charge in [0.05, 0.1) is 5.56 Å². The van der Waals surface area contributed by atoms with Gasteiger partial charge in [-0.2, -0.15) is 0 Å². The molecule has 0 unspecified atom stereocenters. The lowest BCUT2D eigenvalue weighted by Crippen LogP contribution is -2.00. The first-order valence-electron chi connectivity index (χ1n) is 6.55. The van der Waals surface area contributed by atoms with Gasteiger partial charge in [0, 0.05) is 6.42 Å². The lowest BCUT2D eigenvalue weighted by molar-refractivity contribution is -0.137. The second kappa shape index (κ2) is 6.19. The number of rotatable bonds is 6. The van der Waals surface area contributed by atoms with Gasteiger partial charge in [-0.25, -0.2) is 4.79 Å². The number of carboxylic acids is 2. The highest BCUT2D eigenvalue weighted by Gasteiger charge is 2.10. The van der Waals surface area contributed by atoms with E-state index in [4.69, 9.17) is 5.11 Å². The fourth-order valence-electron chi connectivity index (χ4n) is 2.36. The van der Waals surface area contributed by atoms with Crippen LogP contribution in [0.1, 0.15) is 35.2 Å². The molecule has 0 saturated carbocycles. The molecule has 0 aliphatic rings. The number of hydrogen-bond acceptors (Lipinski definition) is 2. The summed E-state index contributed by atoms with van der Waals surface area (Å²) in [6.07, 6.45) is 2.34. The van der Waals surface area contributed by atoms with Crippen LogP contribution in [0.5, 0.6) is 0 Å². The minimum absolute atomic E-state index is 0.172. The van der Waals surface area contributed by atoms with E-state index in [1.807, 2.05) is 24.3 Å². The minimum atomic E-state index is -0.932. The first-order chi connectivity index (χ1) is 9.59. The first kappa shape index (κ1) is 14.1. The van der Waals surface area contributed by atoms with Crippen LogP contribution >= 0.6 is 0 Å². The Morgan fingerprint density at radius 1 is 0.900 bits per heavy atom. The van der Waals surface area contributed by atoms with Gasteiger partial charge in [-0.05, 0) is 41.7 Å². The summed E-state index contributed by atoms with van der Waals surface area (Å²) >= 11 is 0. The van der Waals surface area contributed by atoms with E-state index in [1.54, 1.807) is 12.1 Å². The molecule has 0 aromatic heterocycles. The van der Waals surface area contributed by atoms with Crippen LogP contribution in [0.4, 0.5) is 0 Å². The second-order valence-electron chi connectivity index (χ2n) is 4.72. The molecule has 0 spiro atoms. The molecular weight excluding hydrogens is 256 g/mol. The van der Waals surface area contributed by atoms with E-state index < -0.39 is 11.9 Å². The van der Waals surface area contributed by atoms with Crippen LogP contribution in [0.3, 0.4) is 0 Å². The number of unbranched alkanes of at least 4 members (excludes halogenated alkanes) is 1. The Morgan fingerprint density at radius 3 is 2.25 bits per heavy atom. The Bertz CT molecular complexity index is 646. The zero-order chi connectivity index (χ0) is 14.5. The van der Waals surface area contributed by atoms with E-state index in [0.717, 1.165) is 29.2 Å². The zero-order valence-electron chi connectivity index (χ0n) is 11.0. The summed E-state index contributed by atoms with van der Waals surface area (Å²) < 4.78 is 0. The SMILES string of the molecule is O=C(O)CCCCc1ccc(C(=O)O)c2ccccc12. The molecule has 0 aliphatic carbocycles. The molecule has 104 valence electrons. The molecule has 2 aromatic carbocycles. The predicted molar refractivity (Wildman–Crippen MR) is 76.1 cm³/mol. The quantitative estimate of drug-likeness (QED) is 0.791. The molecule has 4 heteroatoms. The van der Waals surface area contributed by atoms with Crippen LogP contribution in [0.25, 0.3) is 10.8 Å². The minimum Gasteiger partial charge on any atom is -0.481 e. The molecule has 20 heavy (non-hydrogen) atoms. The van der Waals surface area contributed by atoms with Crippen molar-refractivity contribution < 1.29 is 19.8 Å². The highest BCUT2D eigenvalue weighted by atomic mass is 16.4. The third kappa shape index (κ3) is 3.15. The Kier molecular flexibility index (Phi) is 4.35. The normalized spacial score (nSPS) is 10.6. The maximum absolute atomic E-state index is 11.2. The number of aliphatic carboxylic acids is 1. The molecule has 4 nitrogen and oxygen atoms in total. The molecule has 0 amide bonds. The Hall–Kier alpha value is -2.36. The number of aryl methyl sites for hydroxylation is 1. The van der Waals surface area contributed by atoms with Crippen molar-refractivity contribution in [1.29, 1.82) is 0 Å². The Morgan fingerprint density at radius 2 is 1.60 bits per heavy atom. The number of carboxylic acid groups (broad SMARTS) is 2. The van der Waals surface area contributed by atoms with Gasteiger partial charge in [-0.1, -0.05) is 30.3 Å².